The monoisotopic (exact) mass is 152 g/mol. The van der Waals surface area contributed by atoms with E-state index in [0.717, 1.165) is 6.42 Å². The summed E-state index contributed by atoms with van der Waals surface area (Å²) in [4.78, 5) is 4.22. The van der Waals surface area contributed by atoms with Crippen LogP contribution >= 0.6 is 0 Å². The topological polar surface area (TPSA) is 47.9 Å². The van der Waals surface area contributed by atoms with Gasteiger partial charge in [0.2, 0.25) is 0 Å². The molecule has 1 aromatic heterocycles. The third-order valence-electron chi connectivity index (χ3n) is 1.34. The summed E-state index contributed by atoms with van der Waals surface area (Å²) >= 11 is 0. The molecule has 0 aromatic carbocycles. The summed E-state index contributed by atoms with van der Waals surface area (Å²) < 4.78 is 0. The Hall–Kier alpha value is -0.890. The van der Waals surface area contributed by atoms with Crippen LogP contribution in [0.2, 0.25) is 0 Å². The van der Waals surface area contributed by atoms with Crippen LogP contribution in [-0.2, 0) is 6.42 Å². The van der Waals surface area contributed by atoms with Gasteiger partial charge in [-0.2, -0.15) is 0 Å². The molecule has 0 amide bonds. The molecule has 0 unspecified atom stereocenters. The lowest BCUT2D eigenvalue weighted by Gasteiger charge is -2.01. The van der Waals surface area contributed by atoms with E-state index in [1.807, 2.05) is 18.3 Å². The van der Waals surface area contributed by atoms with Gasteiger partial charge in [-0.1, -0.05) is 19.9 Å². The summed E-state index contributed by atoms with van der Waals surface area (Å²) in [5.41, 5.74) is 1.19. The van der Waals surface area contributed by atoms with E-state index in [1.54, 1.807) is 0 Å². The number of aromatic nitrogens is 1. The maximum absolute atomic E-state index is 4.22. The second kappa shape index (κ2) is 4.85. The smallest absolute Gasteiger partial charge is 0.0406 e. The van der Waals surface area contributed by atoms with E-state index in [4.69, 9.17) is 0 Å². The molecule has 0 atom stereocenters. The van der Waals surface area contributed by atoms with E-state index in [-0.39, 0.29) is 6.15 Å². The summed E-state index contributed by atoms with van der Waals surface area (Å²) in [5.74, 6) is 0.704. The molecule has 1 aromatic rings. The standard InChI is InChI=1S/C9H13N.H3N/c1-8(2)7-9-5-3-4-6-10-9;/h3-6,8H,7H2,1-2H3;1H3. The molecule has 0 bridgehead atoms. The SMILES string of the molecule is CC(C)Cc1ccccn1.N. The second-order valence-electron chi connectivity index (χ2n) is 2.92. The Balaban J connectivity index is 0.000001000. The summed E-state index contributed by atoms with van der Waals surface area (Å²) in [5, 5.41) is 0. The lowest BCUT2D eigenvalue weighted by Crippen LogP contribution is -1.95. The molecule has 0 aliphatic carbocycles. The largest absolute Gasteiger partial charge is 0.344 e. The third kappa shape index (κ3) is 3.73. The highest BCUT2D eigenvalue weighted by molar-refractivity contribution is 5.03. The molecule has 62 valence electrons. The molecule has 2 heteroatoms. The molecule has 0 spiro atoms. The Bertz CT molecular complexity index is 182. The Morgan fingerprint density at radius 2 is 2.09 bits per heavy atom. The summed E-state index contributed by atoms with van der Waals surface area (Å²) in [6.45, 7) is 4.41. The molecule has 2 nitrogen and oxygen atoms in total. The van der Waals surface area contributed by atoms with Crippen LogP contribution in [0.3, 0.4) is 0 Å². The zero-order valence-electron chi connectivity index (χ0n) is 7.25. The first-order valence-corrected chi connectivity index (χ1v) is 3.69. The lowest BCUT2D eigenvalue weighted by atomic mass is 10.1. The maximum Gasteiger partial charge on any atom is 0.0406 e. The van der Waals surface area contributed by atoms with E-state index in [2.05, 4.69) is 24.9 Å². The van der Waals surface area contributed by atoms with Crippen LogP contribution < -0.4 is 6.15 Å². The van der Waals surface area contributed by atoms with Crippen molar-refractivity contribution in [3.05, 3.63) is 30.1 Å². The van der Waals surface area contributed by atoms with E-state index in [1.165, 1.54) is 5.69 Å². The van der Waals surface area contributed by atoms with Crippen molar-refractivity contribution in [3.63, 3.8) is 0 Å². The van der Waals surface area contributed by atoms with Gasteiger partial charge in [0.1, 0.15) is 0 Å². The van der Waals surface area contributed by atoms with Crippen molar-refractivity contribution in [2.45, 2.75) is 20.3 Å². The van der Waals surface area contributed by atoms with Gasteiger partial charge in [0.25, 0.3) is 0 Å². The van der Waals surface area contributed by atoms with Gasteiger partial charge >= 0.3 is 0 Å². The van der Waals surface area contributed by atoms with Crippen LogP contribution in [0.5, 0.6) is 0 Å². The van der Waals surface area contributed by atoms with Gasteiger partial charge in [-0.25, -0.2) is 0 Å². The van der Waals surface area contributed by atoms with Crippen molar-refractivity contribution in [1.82, 2.24) is 11.1 Å². The molecular weight excluding hydrogens is 136 g/mol. The van der Waals surface area contributed by atoms with E-state index in [9.17, 15) is 0 Å². The highest BCUT2D eigenvalue weighted by Gasteiger charge is 1.95. The first-order chi connectivity index (χ1) is 4.79. The minimum atomic E-state index is 0. The van der Waals surface area contributed by atoms with Crippen molar-refractivity contribution in [2.75, 3.05) is 0 Å². The molecule has 1 rings (SSSR count). The van der Waals surface area contributed by atoms with Crippen molar-refractivity contribution < 1.29 is 0 Å². The Labute approximate surface area is 68.2 Å². The summed E-state index contributed by atoms with van der Waals surface area (Å²) in [7, 11) is 0. The van der Waals surface area contributed by atoms with Crippen LogP contribution in [0.1, 0.15) is 19.5 Å². The van der Waals surface area contributed by atoms with Crippen LogP contribution in [0, 0.1) is 5.92 Å². The molecule has 0 fully saturated rings. The van der Waals surface area contributed by atoms with Crippen LogP contribution in [0.4, 0.5) is 0 Å². The number of hydrogen-bond donors (Lipinski definition) is 1. The average Bonchev–Trinajstić information content (AvgIpc) is 1.88. The molecule has 0 saturated heterocycles. The molecule has 0 saturated carbocycles. The van der Waals surface area contributed by atoms with E-state index >= 15 is 0 Å². The molecule has 3 N–H and O–H groups in total. The number of rotatable bonds is 2. The first kappa shape index (κ1) is 10.1. The zero-order valence-corrected chi connectivity index (χ0v) is 7.25. The van der Waals surface area contributed by atoms with Gasteiger partial charge in [0.05, 0.1) is 0 Å². The van der Waals surface area contributed by atoms with Crippen LogP contribution in [0.25, 0.3) is 0 Å². The minimum Gasteiger partial charge on any atom is -0.344 e. The van der Waals surface area contributed by atoms with Gasteiger partial charge in [-0.15, -0.1) is 0 Å². The average molecular weight is 152 g/mol. The lowest BCUT2D eigenvalue weighted by molar-refractivity contribution is 0.635. The van der Waals surface area contributed by atoms with Gasteiger partial charge < -0.3 is 6.15 Å². The molecule has 1 heterocycles. The fraction of sp³-hybridized carbons (Fsp3) is 0.444. The van der Waals surface area contributed by atoms with Crippen LogP contribution in [-0.4, -0.2) is 4.98 Å². The number of nitrogens with zero attached hydrogens (tertiary/aromatic N) is 1. The van der Waals surface area contributed by atoms with E-state index in [0.29, 0.717) is 5.92 Å². The van der Waals surface area contributed by atoms with Crippen molar-refractivity contribution in [2.24, 2.45) is 5.92 Å². The van der Waals surface area contributed by atoms with Gasteiger partial charge in [-0.3, -0.25) is 4.98 Å². The second-order valence-corrected chi connectivity index (χ2v) is 2.92. The fourth-order valence-corrected chi connectivity index (χ4v) is 0.937. The Kier molecular flexibility index (Phi) is 4.46. The quantitative estimate of drug-likeness (QED) is 0.707. The van der Waals surface area contributed by atoms with E-state index < -0.39 is 0 Å². The Morgan fingerprint density at radius 1 is 1.36 bits per heavy atom. The molecular formula is C9H16N2. The van der Waals surface area contributed by atoms with Gasteiger partial charge in [0.15, 0.2) is 0 Å². The van der Waals surface area contributed by atoms with Crippen molar-refractivity contribution in [1.29, 1.82) is 0 Å². The summed E-state index contributed by atoms with van der Waals surface area (Å²) in [6.07, 6.45) is 2.93. The zero-order chi connectivity index (χ0) is 7.40. The molecule has 0 aliphatic rings. The van der Waals surface area contributed by atoms with Crippen molar-refractivity contribution in [3.8, 4) is 0 Å². The molecule has 0 aliphatic heterocycles. The highest BCUT2D eigenvalue weighted by atomic mass is 14.7. The first-order valence-electron chi connectivity index (χ1n) is 3.69. The third-order valence-corrected chi connectivity index (χ3v) is 1.34. The predicted molar refractivity (Wildman–Crippen MR) is 47.8 cm³/mol. The summed E-state index contributed by atoms with van der Waals surface area (Å²) in [6, 6.07) is 6.05. The molecule has 11 heavy (non-hydrogen) atoms. The van der Waals surface area contributed by atoms with Crippen LogP contribution in [0.15, 0.2) is 24.4 Å². The fourth-order valence-electron chi connectivity index (χ4n) is 0.937. The number of pyridine rings is 1. The Morgan fingerprint density at radius 3 is 2.55 bits per heavy atom. The minimum absolute atomic E-state index is 0. The number of hydrogen-bond acceptors (Lipinski definition) is 2. The molecule has 0 radical (unpaired) electrons. The van der Waals surface area contributed by atoms with Crippen molar-refractivity contribution >= 4 is 0 Å². The predicted octanol–water partition coefficient (Wildman–Crippen LogP) is 2.44. The normalized spacial score (nSPS) is 9.36. The maximum atomic E-state index is 4.22. The van der Waals surface area contributed by atoms with Gasteiger partial charge in [0, 0.05) is 11.9 Å². The highest BCUT2D eigenvalue weighted by Crippen LogP contribution is 2.02. The van der Waals surface area contributed by atoms with Gasteiger partial charge in [-0.05, 0) is 24.5 Å².